The zero-order valence-corrected chi connectivity index (χ0v) is 10.4. The molecule has 0 saturated heterocycles. The van der Waals surface area contributed by atoms with E-state index in [1.807, 2.05) is 18.2 Å². The topological polar surface area (TPSA) is 50.5 Å². The second kappa shape index (κ2) is 5.04. The standard InChI is InChI=1S/C14H14NO3/c1-3-15(4-2)12-6-5-10-7-11(9-16)14(17)18-13(10)8-12/h5-8H,3-4H2,1-2H3. The molecule has 0 aliphatic heterocycles. The van der Waals surface area contributed by atoms with Crippen LogP contribution < -0.4 is 10.5 Å². The van der Waals surface area contributed by atoms with Crippen LogP contribution in [0.15, 0.2) is 33.5 Å². The molecular formula is C14H14NO3. The van der Waals surface area contributed by atoms with Crippen molar-refractivity contribution in [1.29, 1.82) is 0 Å². The molecule has 0 fully saturated rings. The Hall–Kier alpha value is -2.10. The molecule has 0 saturated carbocycles. The Bertz CT molecular complexity index is 626. The summed E-state index contributed by atoms with van der Waals surface area (Å²) in [5.74, 6) is 0. The van der Waals surface area contributed by atoms with Crippen LogP contribution in [-0.4, -0.2) is 19.4 Å². The number of benzene rings is 1. The van der Waals surface area contributed by atoms with E-state index in [1.165, 1.54) is 6.07 Å². The number of hydrogen-bond donors (Lipinski definition) is 0. The quantitative estimate of drug-likeness (QED) is 0.773. The lowest BCUT2D eigenvalue weighted by Crippen LogP contribution is -2.21. The Labute approximate surface area is 105 Å². The molecule has 0 aliphatic carbocycles. The summed E-state index contributed by atoms with van der Waals surface area (Å²) >= 11 is 0. The first-order valence-corrected chi connectivity index (χ1v) is 5.90. The van der Waals surface area contributed by atoms with Crippen LogP contribution in [0.4, 0.5) is 5.69 Å². The molecule has 0 bridgehead atoms. The van der Waals surface area contributed by atoms with Gasteiger partial charge >= 0.3 is 5.63 Å². The molecule has 1 aromatic carbocycles. The fraction of sp³-hybridized carbons (Fsp3) is 0.286. The molecule has 0 aliphatic rings. The molecule has 18 heavy (non-hydrogen) atoms. The molecule has 2 aromatic rings. The van der Waals surface area contributed by atoms with E-state index >= 15 is 0 Å². The maximum atomic E-state index is 11.4. The van der Waals surface area contributed by atoms with Crippen molar-refractivity contribution in [2.75, 3.05) is 18.0 Å². The minimum Gasteiger partial charge on any atom is -0.422 e. The number of hydrogen-bond acceptors (Lipinski definition) is 4. The molecule has 0 amide bonds. The van der Waals surface area contributed by atoms with Crippen LogP contribution in [0.2, 0.25) is 0 Å². The van der Waals surface area contributed by atoms with Gasteiger partial charge in [-0.05, 0) is 32.0 Å². The molecule has 0 unspecified atom stereocenters. The first-order chi connectivity index (χ1) is 8.69. The van der Waals surface area contributed by atoms with Crippen molar-refractivity contribution < 1.29 is 9.21 Å². The summed E-state index contributed by atoms with van der Waals surface area (Å²) in [6.07, 6.45) is 1.58. The minimum absolute atomic E-state index is 0.0712. The van der Waals surface area contributed by atoms with Crippen molar-refractivity contribution in [3.8, 4) is 0 Å². The van der Waals surface area contributed by atoms with Crippen molar-refractivity contribution in [1.82, 2.24) is 0 Å². The van der Waals surface area contributed by atoms with Crippen molar-refractivity contribution in [2.45, 2.75) is 13.8 Å². The van der Waals surface area contributed by atoms with E-state index in [2.05, 4.69) is 18.7 Å². The van der Waals surface area contributed by atoms with E-state index < -0.39 is 5.63 Å². The van der Waals surface area contributed by atoms with Gasteiger partial charge in [0, 0.05) is 30.2 Å². The van der Waals surface area contributed by atoms with Crippen molar-refractivity contribution >= 4 is 22.9 Å². The van der Waals surface area contributed by atoms with Gasteiger partial charge in [-0.3, -0.25) is 4.79 Å². The van der Waals surface area contributed by atoms with Crippen molar-refractivity contribution in [3.63, 3.8) is 0 Å². The smallest absolute Gasteiger partial charge is 0.347 e. The summed E-state index contributed by atoms with van der Waals surface area (Å²) in [5, 5.41) is 0.726. The lowest BCUT2D eigenvalue weighted by atomic mass is 10.1. The van der Waals surface area contributed by atoms with Crippen molar-refractivity contribution in [2.24, 2.45) is 0 Å². The van der Waals surface area contributed by atoms with Gasteiger partial charge in [-0.2, -0.15) is 0 Å². The Kier molecular flexibility index (Phi) is 3.46. The summed E-state index contributed by atoms with van der Waals surface area (Å²) in [7, 11) is 0. The Morgan fingerprint density at radius 2 is 1.94 bits per heavy atom. The molecule has 0 N–H and O–H groups in total. The van der Waals surface area contributed by atoms with Crippen LogP contribution in [0, 0.1) is 0 Å². The highest BCUT2D eigenvalue weighted by Crippen LogP contribution is 2.21. The number of anilines is 1. The van der Waals surface area contributed by atoms with Crippen LogP contribution in [-0.2, 0) is 4.79 Å². The highest BCUT2D eigenvalue weighted by molar-refractivity contribution is 5.86. The van der Waals surface area contributed by atoms with Gasteiger partial charge in [0.25, 0.3) is 0 Å². The van der Waals surface area contributed by atoms with E-state index in [9.17, 15) is 9.59 Å². The molecule has 0 spiro atoms. The molecule has 1 radical (unpaired) electrons. The van der Waals surface area contributed by atoms with Gasteiger partial charge in [-0.25, -0.2) is 4.79 Å². The summed E-state index contributed by atoms with van der Waals surface area (Å²) in [6.45, 7) is 5.89. The van der Waals surface area contributed by atoms with E-state index in [0.717, 1.165) is 24.2 Å². The molecular weight excluding hydrogens is 230 g/mol. The van der Waals surface area contributed by atoms with Crippen molar-refractivity contribution in [3.05, 3.63) is 40.2 Å². The maximum absolute atomic E-state index is 11.4. The van der Waals surface area contributed by atoms with Gasteiger partial charge in [-0.15, -0.1) is 0 Å². The van der Waals surface area contributed by atoms with Gasteiger partial charge in [0.2, 0.25) is 6.29 Å². The normalized spacial score (nSPS) is 10.6. The SMILES string of the molecule is CCN(CC)c1ccc2cc([C]=O)c(=O)oc2c1. The van der Waals surface area contributed by atoms with Gasteiger partial charge in [-0.1, -0.05) is 0 Å². The highest BCUT2D eigenvalue weighted by atomic mass is 16.4. The Balaban J connectivity index is 2.58. The third kappa shape index (κ3) is 2.14. The van der Waals surface area contributed by atoms with E-state index in [4.69, 9.17) is 4.42 Å². The number of fused-ring (bicyclic) bond motifs is 1. The predicted molar refractivity (Wildman–Crippen MR) is 70.8 cm³/mol. The largest absolute Gasteiger partial charge is 0.422 e. The fourth-order valence-corrected chi connectivity index (χ4v) is 1.96. The lowest BCUT2D eigenvalue weighted by molar-refractivity contribution is 0.543. The lowest BCUT2D eigenvalue weighted by Gasteiger charge is -2.20. The molecule has 1 aromatic heterocycles. The van der Waals surface area contributed by atoms with E-state index in [0.29, 0.717) is 5.58 Å². The molecule has 1 heterocycles. The molecule has 93 valence electrons. The van der Waals surface area contributed by atoms with Crippen LogP contribution in [0.1, 0.15) is 19.4 Å². The van der Waals surface area contributed by atoms with Crippen LogP contribution in [0.3, 0.4) is 0 Å². The first kappa shape index (κ1) is 12.4. The molecule has 4 nitrogen and oxygen atoms in total. The third-order valence-corrected chi connectivity index (χ3v) is 2.96. The monoisotopic (exact) mass is 244 g/mol. The van der Waals surface area contributed by atoms with Gasteiger partial charge in [0.05, 0.1) is 0 Å². The average molecular weight is 244 g/mol. The maximum Gasteiger partial charge on any atom is 0.347 e. The van der Waals surface area contributed by atoms with Crippen LogP contribution in [0.25, 0.3) is 11.0 Å². The molecule has 2 rings (SSSR count). The Morgan fingerprint density at radius 3 is 2.56 bits per heavy atom. The van der Waals surface area contributed by atoms with Gasteiger partial charge in [0.15, 0.2) is 0 Å². The summed E-state index contributed by atoms with van der Waals surface area (Å²) in [5.41, 5.74) is 0.772. The first-order valence-electron chi connectivity index (χ1n) is 5.90. The molecule has 0 atom stereocenters. The predicted octanol–water partition coefficient (Wildman–Crippen LogP) is 2.10. The van der Waals surface area contributed by atoms with Crippen LogP contribution >= 0.6 is 0 Å². The minimum atomic E-state index is -0.644. The Morgan fingerprint density at radius 1 is 1.22 bits per heavy atom. The van der Waals surface area contributed by atoms with Gasteiger partial charge < -0.3 is 9.32 Å². The highest BCUT2D eigenvalue weighted by Gasteiger charge is 2.08. The van der Waals surface area contributed by atoms with E-state index in [-0.39, 0.29) is 5.56 Å². The van der Waals surface area contributed by atoms with E-state index in [1.54, 1.807) is 6.29 Å². The second-order valence-corrected chi connectivity index (χ2v) is 3.94. The summed E-state index contributed by atoms with van der Waals surface area (Å²) in [6, 6.07) is 7.11. The number of carbonyl (C=O) groups excluding carboxylic acids is 1. The number of rotatable bonds is 4. The second-order valence-electron chi connectivity index (χ2n) is 3.94. The number of nitrogens with zero attached hydrogens (tertiary/aromatic N) is 1. The molecule has 4 heteroatoms. The average Bonchev–Trinajstić information content (AvgIpc) is 2.39. The van der Waals surface area contributed by atoms with Gasteiger partial charge in [0.1, 0.15) is 11.1 Å². The van der Waals surface area contributed by atoms with Crippen LogP contribution in [0.5, 0.6) is 0 Å². The summed E-state index contributed by atoms with van der Waals surface area (Å²) in [4.78, 5) is 24.1. The zero-order chi connectivity index (χ0) is 13.1. The third-order valence-electron chi connectivity index (χ3n) is 2.96. The fourth-order valence-electron chi connectivity index (χ4n) is 1.96. The summed E-state index contributed by atoms with van der Waals surface area (Å²) < 4.78 is 5.12. The zero-order valence-electron chi connectivity index (χ0n) is 10.4.